The lowest BCUT2D eigenvalue weighted by Gasteiger charge is -2.15. The lowest BCUT2D eigenvalue weighted by Crippen LogP contribution is -2.19. The number of benzene rings is 3. The van der Waals surface area contributed by atoms with E-state index in [0.717, 1.165) is 27.9 Å². The largest absolute Gasteiger partial charge is 0.481 e. The number of anilines is 1. The molecule has 1 fully saturated rings. The predicted octanol–water partition coefficient (Wildman–Crippen LogP) is 8.55. The molecule has 1 saturated carbocycles. The first-order valence-corrected chi connectivity index (χ1v) is 13.7. The topological polar surface area (TPSA) is 102 Å². The number of amides is 1. The Morgan fingerprint density at radius 2 is 1.59 bits per heavy atom. The Kier molecular flexibility index (Phi) is 6.75. The molecular weight excluding hydrogens is 540 g/mol. The molecule has 0 saturated heterocycles. The molecule has 2 N–H and O–H groups in total. The molecule has 1 aliphatic rings. The molecule has 8 heteroatoms. The first kappa shape index (κ1) is 26.6. The molecule has 7 nitrogen and oxygen atoms in total. The number of aliphatic carboxylic acids is 1. The Labute approximate surface area is 241 Å². The fraction of sp³-hybridized carbons (Fsp3) is 0.182. The van der Waals surface area contributed by atoms with Gasteiger partial charge in [0.05, 0.1) is 10.8 Å². The molecule has 0 aliphatic heterocycles. The van der Waals surface area contributed by atoms with Crippen molar-refractivity contribution in [2.24, 2.45) is 0 Å². The average molecular weight is 567 g/mol. The van der Waals surface area contributed by atoms with Gasteiger partial charge in [-0.1, -0.05) is 78.3 Å². The van der Waals surface area contributed by atoms with Gasteiger partial charge in [0.15, 0.2) is 5.76 Å². The van der Waals surface area contributed by atoms with E-state index in [-0.39, 0.29) is 0 Å². The number of aryl methyl sites for hydroxylation is 1. The number of carbonyl (C=O) groups is 2. The highest BCUT2D eigenvalue weighted by atomic mass is 35.5. The summed E-state index contributed by atoms with van der Waals surface area (Å²) < 4.78 is 11.8. The van der Waals surface area contributed by atoms with Gasteiger partial charge in [-0.3, -0.25) is 10.1 Å². The Bertz CT molecular complexity index is 1770. The monoisotopic (exact) mass is 566 g/mol. The molecule has 5 aromatic rings. The quantitative estimate of drug-likeness (QED) is 0.205. The number of carbonyl (C=O) groups excluding carboxylic acids is 1. The molecule has 1 atom stereocenters. The fourth-order valence-corrected chi connectivity index (χ4v) is 5.39. The average Bonchev–Trinajstić information content (AvgIpc) is 3.71. The van der Waals surface area contributed by atoms with E-state index in [1.54, 1.807) is 13.0 Å². The summed E-state index contributed by atoms with van der Waals surface area (Å²) in [5.74, 6) is -0.309. The lowest BCUT2D eigenvalue weighted by atomic mass is 9.93. The van der Waals surface area contributed by atoms with Crippen LogP contribution in [0.4, 0.5) is 10.5 Å². The molecule has 0 spiro atoms. The van der Waals surface area contributed by atoms with E-state index in [1.165, 1.54) is 0 Å². The highest BCUT2D eigenvalue weighted by molar-refractivity contribution is 6.31. The summed E-state index contributed by atoms with van der Waals surface area (Å²) in [5.41, 5.74) is 5.15. The summed E-state index contributed by atoms with van der Waals surface area (Å²) in [6.45, 7) is 3.63. The molecule has 0 radical (unpaired) electrons. The number of furan rings is 1. The number of hydrogen-bond donors (Lipinski definition) is 2. The standard InChI is InChI=1S/C33H27ClN2O5/c1-19-7-16-26-28(36-32(39)40-20(2)25-5-3-4-6-27(25)34)29(41-30(26)35-19)23-10-8-21(9-11-23)22-12-14-24(15-13-22)33(17-18-33)31(37)38/h3-16,20H,17-18H2,1-2H3,(H,36,39)(H,37,38)/t20-/m1/s1. The molecule has 1 aliphatic carbocycles. The number of nitrogens with one attached hydrogen (secondary N) is 1. The van der Waals surface area contributed by atoms with Crippen LogP contribution >= 0.6 is 11.6 Å². The molecule has 0 bridgehead atoms. The van der Waals surface area contributed by atoms with Crippen molar-refractivity contribution in [1.29, 1.82) is 0 Å². The number of nitrogens with zero attached hydrogens (tertiary/aromatic N) is 1. The van der Waals surface area contributed by atoms with Gasteiger partial charge in [0, 0.05) is 21.8 Å². The lowest BCUT2D eigenvalue weighted by molar-refractivity contribution is -0.140. The van der Waals surface area contributed by atoms with E-state index in [1.807, 2.05) is 85.8 Å². The van der Waals surface area contributed by atoms with Crippen molar-refractivity contribution in [3.63, 3.8) is 0 Å². The van der Waals surface area contributed by atoms with Crippen LogP contribution in [0.25, 0.3) is 33.6 Å². The van der Waals surface area contributed by atoms with Crippen LogP contribution in [-0.4, -0.2) is 22.2 Å². The molecule has 3 aromatic carbocycles. The van der Waals surface area contributed by atoms with Crippen molar-refractivity contribution >= 4 is 40.5 Å². The van der Waals surface area contributed by atoms with E-state index in [4.69, 9.17) is 20.8 Å². The summed E-state index contributed by atoms with van der Waals surface area (Å²) in [7, 11) is 0. The number of pyridine rings is 1. The van der Waals surface area contributed by atoms with Gasteiger partial charge in [0.2, 0.25) is 5.71 Å². The third-order valence-electron chi connectivity index (χ3n) is 7.63. The minimum atomic E-state index is -0.767. The SMILES string of the molecule is Cc1ccc2c(NC(=O)O[C@H](C)c3ccccc3Cl)c(-c3ccc(-c4ccc(C5(C(=O)O)CC5)cc4)cc3)oc2n1. The number of aromatic nitrogens is 1. The first-order valence-electron chi connectivity index (χ1n) is 13.3. The Morgan fingerprint density at radius 1 is 0.951 bits per heavy atom. The van der Waals surface area contributed by atoms with Crippen LogP contribution in [0, 0.1) is 6.92 Å². The number of ether oxygens (including phenoxy) is 1. The van der Waals surface area contributed by atoms with Gasteiger partial charge < -0.3 is 14.3 Å². The zero-order chi connectivity index (χ0) is 28.7. The van der Waals surface area contributed by atoms with Crippen LogP contribution in [0.3, 0.4) is 0 Å². The van der Waals surface area contributed by atoms with Gasteiger partial charge in [0.1, 0.15) is 11.8 Å². The summed E-state index contributed by atoms with van der Waals surface area (Å²) in [4.78, 5) is 29.2. The Balaban J connectivity index is 1.27. The van der Waals surface area contributed by atoms with E-state index < -0.39 is 23.6 Å². The van der Waals surface area contributed by atoms with Crippen molar-refractivity contribution in [1.82, 2.24) is 4.98 Å². The van der Waals surface area contributed by atoms with Crippen molar-refractivity contribution in [3.05, 3.63) is 107 Å². The van der Waals surface area contributed by atoms with E-state index >= 15 is 0 Å². The van der Waals surface area contributed by atoms with Gasteiger partial charge in [-0.2, -0.15) is 0 Å². The van der Waals surface area contributed by atoms with Crippen LogP contribution in [0.15, 0.2) is 89.3 Å². The van der Waals surface area contributed by atoms with Crippen LogP contribution in [-0.2, 0) is 14.9 Å². The van der Waals surface area contributed by atoms with Crippen LogP contribution < -0.4 is 5.32 Å². The maximum atomic E-state index is 13.0. The number of halogens is 1. The molecule has 0 unspecified atom stereocenters. The second kappa shape index (κ2) is 10.4. The van der Waals surface area contributed by atoms with Gasteiger partial charge >= 0.3 is 12.1 Å². The van der Waals surface area contributed by atoms with Crippen molar-refractivity contribution in [3.8, 4) is 22.5 Å². The van der Waals surface area contributed by atoms with Gasteiger partial charge in [-0.05, 0) is 61.6 Å². The Hall–Kier alpha value is -4.62. The summed E-state index contributed by atoms with van der Waals surface area (Å²) in [5, 5.41) is 13.6. The smallest absolute Gasteiger partial charge is 0.412 e. The fourth-order valence-electron chi connectivity index (χ4n) is 5.11. The number of carboxylic acid groups (broad SMARTS) is 1. The zero-order valence-corrected chi connectivity index (χ0v) is 23.2. The minimum absolute atomic E-state index is 0.404. The van der Waals surface area contributed by atoms with Crippen LogP contribution in [0.2, 0.25) is 5.02 Å². The van der Waals surface area contributed by atoms with E-state index in [9.17, 15) is 14.7 Å². The normalized spacial score (nSPS) is 14.4. The first-order chi connectivity index (χ1) is 19.7. The minimum Gasteiger partial charge on any atom is -0.481 e. The molecule has 6 rings (SSSR count). The molecule has 2 heterocycles. The molecule has 2 aromatic heterocycles. The molecular formula is C33H27ClN2O5. The number of rotatable bonds is 7. The molecule has 206 valence electrons. The maximum Gasteiger partial charge on any atom is 0.412 e. The number of fused-ring (bicyclic) bond motifs is 1. The predicted molar refractivity (Wildman–Crippen MR) is 158 cm³/mol. The highest BCUT2D eigenvalue weighted by Crippen LogP contribution is 2.48. The van der Waals surface area contributed by atoms with Crippen LogP contribution in [0.1, 0.15) is 42.7 Å². The molecule has 1 amide bonds. The van der Waals surface area contributed by atoms with Crippen molar-refractivity contribution in [2.75, 3.05) is 5.32 Å². The summed E-state index contributed by atoms with van der Waals surface area (Å²) in [6, 6.07) is 26.4. The van der Waals surface area contributed by atoms with Gasteiger partial charge in [-0.25, -0.2) is 9.78 Å². The Morgan fingerprint density at radius 3 is 2.22 bits per heavy atom. The van der Waals surface area contributed by atoms with Crippen LogP contribution in [0.5, 0.6) is 0 Å². The third kappa shape index (κ3) is 5.05. The second-order valence-electron chi connectivity index (χ2n) is 10.3. The molecule has 41 heavy (non-hydrogen) atoms. The summed E-state index contributed by atoms with van der Waals surface area (Å²) >= 11 is 6.28. The third-order valence-corrected chi connectivity index (χ3v) is 7.97. The van der Waals surface area contributed by atoms with Crippen molar-refractivity contribution in [2.45, 2.75) is 38.2 Å². The number of hydrogen-bond acceptors (Lipinski definition) is 5. The summed E-state index contributed by atoms with van der Waals surface area (Å²) in [6.07, 6.45) is 0.131. The van der Waals surface area contributed by atoms with Crippen molar-refractivity contribution < 1.29 is 23.8 Å². The van der Waals surface area contributed by atoms with Gasteiger partial charge in [-0.15, -0.1) is 0 Å². The van der Waals surface area contributed by atoms with E-state index in [2.05, 4.69) is 10.3 Å². The zero-order valence-electron chi connectivity index (χ0n) is 22.5. The van der Waals surface area contributed by atoms with E-state index in [0.29, 0.717) is 46.0 Å². The van der Waals surface area contributed by atoms with Gasteiger partial charge in [0.25, 0.3) is 0 Å². The number of carboxylic acids is 1. The maximum absolute atomic E-state index is 13.0. The highest BCUT2D eigenvalue weighted by Gasteiger charge is 2.51. The second-order valence-corrected chi connectivity index (χ2v) is 10.8.